The first kappa shape index (κ1) is 21.3. The van der Waals surface area contributed by atoms with Gasteiger partial charge in [-0.2, -0.15) is 0 Å². The van der Waals surface area contributed by atoms with E-state index in [-0.39, 0.29) is 40.0 Å². The van der Waals surface area contributed by atoms with Crippen LogP contribution in [0.15, 0.2) is 82.8 Å². The van der Waals surface area contributed by atoms with Gasteiger partial charge in [-0.3, -0.25) is 4.99 Å². The van der Waals surface area contributed by atoms with Crippen molar-refractivity contribution < 1.29 is 42.5 Å². The van der Waals surface area contributed by atoms with Gasteiger partial charge in [-0.15, -0.1) is 0 Å². The van der Waals surface area contributed by atoms with Gasteiger partial charge in [-0.25, -0.2) is 13.4 Å². The summed E-state index contributed by atoms with van der Waals surface area (Å²) >= 11 is 0. The Kier molecular flexibility index (Phi) is 7.70. The second kappa shape index (κ2) is 9.77. The number of aromatic nitrogens is 1. The Morgan fingerprint density at radius 3 is 2.44 bits per heavy atom. The summed E-state index contributed by atoms with van der Waals surface area (Å²) in [5.41, 5.74) is 1.87. The van der Waals surface area contributed by atoms with Crippen LogP contribution >= 0.6 is 0 Å². The molecule has 0 fully saturated rings. The minimum absolute atomic E-state index is 0. The van der Waals surface area contributed by atoms with E-state index >= 15 is 0 Å². The van der Waals surface area contributed by atoms with Crippen molar-refractivity contribution in [3.05, 3.63) is 84.1 Å². The van der Waals surface area contributed by atoms with E-state index in [4.69, 9.17) is 0 Å². The number of benzene rings is 2. The van der Waals surface area contributed by atoms with Crippen LogP contribution in [0.5, 0.6) is 0 Å². The molecule has 6 nitrogen and oxygen atoms in total. The average molecular weight is 389 g/mol. The van der Waals surface area contributed by atoms with Crippen molar-refractivity contribution in [1.29, 1.82) is 0 Å². The summed E-state index contributed by atoms with van der Waals surface area (Å²) in [4.78, 5) is 8.28. The molecule has 0 aliphatic carbocycles. The number of nitrogens with zero attached hydrogens (tertiary/aromatic N) is 2. The van der Waals surface area contributed by atoms with Crippen LogP contribution in [0, 0.1) is 0 Å². The molecule has 0 radical (unpaired) electrons. The molecule has 1 heterocycles. The molecule has 0 saturated heterocycles. The summed E-state index contributed by atoms with van der Waals surface area (Å²) in [6.45, 7) is 0.575. The van der Waals surface area contributed by atoms with Gasteiger partial charge >= 0.3 is 29.6 Å². The van der Waals surface area contributed by atoms with Crippen LogP contribution in [0.3, 0.4) is 0 Å². The molecule has 0 amide bonds. The van der Waals surface area contributed by atoms with Gasteiger partial charge < -0.3 is 9.87 Å². The first-order chi connectivity index (χ1) is 12.5. The average Bonchev–Trinajstić information content (AvgIpc) is 2.65. The van der Waals surface area contributed by atoms with E-state index < -0.39 is 10.1 Å². The minimum Gasteiger partial charge on any atom is -0.744 e. The van der Waals surface area contributed by atoms with Crippen molar-refractivity contribution in [3.63, 3.8) is 0 Å². The van der Waals surface area contributed by atoms with Crippen LogP contribution in [-0.4, -0.2) is 24.2 Å². The van der Waals surface area contributed by atoms with Crippen LogP contribution in [0.25, 0.3) is 0 Å². The van der Waals surface area contributed by atoms with Gasteiger partial charge in [0.25, 0.3) is 0 Å². The van der Waals surface area contributed by atoms with Gasteiger partial charge in [-0.05, 0) is 23.8 Å². The molecule has 0 unspecified atom stereocenters. The molecule has 0 atom stereocenters. The van der Waals surface area contributed by atoms with E-state index in [1.165, 1.54) is 24.4 Å². The Hall–Kier alpha value is -2.03. The second-order valence-electron chi connectivity index (χ2n) is 5.46. The monoisotopic (exact) mass is 389 g/mol. The molecule has 0 bridgehead atoms. The van der Waals surface area contributed by atoms with Crippen LogP contribution in [-0.2, 0) is 16.7 Å². The molecule has 27 heavy (non-hydrogen) atoms. The summed E-state index contributed by atoms with van der Waals surface area (Å²) < 4.78 is 34.0. The van der Waals surface area contributed by atoms with Crippen LogP contribution in [0.1, 0.15) is 11.1 Å². The fourth-order valence-corrected chi connectivity index (χ4v) is 3.03. The molecule has 1 N–H and O–H groups in total. The third-order valence-corrected chi connectivity index (χ3v) is 4.53. The molecule has 8 heteroatoms. The van der Waals surface area contributed by atoms with Crippen molar-refractivity contribution in [3.8, 4) is 0 Å². The van der Waals surface area contributed by atoms with Gasteiger partial charge in [0.1, 0.15) is 15.8 Å². The summed E-state index contributed by atoms with van der Waals surface area (Å²) in [6, 6.07) is 19.3. The van der Waals surface area contributed by atoms with E-state index in [0.29, 0.717) is 18.1 Å². The predicted octanol–water partition coefficient (Wildman–Crippen LogP) is 0.352. The summed E-state index contributed by atoms with van der Waals surface area (Å²) in [6.07, 6.45) is 3.00. The van der Waals surface area contributed by atoms with Gasteiger partial charge in [0, 0.05) is 24.5 Å². The molecule has 0 aliphatic heterocycles. The molecule has 0 saturated carbocycles. The summed E-state index contributed by atoms with van der Waals surface area (Å²) in [7, 11) is -4.57. The number of aliphatic imine (C=N–C) groups is 1. The first-order valence-electron chi connectivity index (χ1n) is 7.86. The van der Waals surface area contributed by atoms with Gasteiger partial charge in [-0.1, -0.05) is 48.5 Å². The van der Waals surface area contributed by atoms with Gasteiger partial charge in [0.15, 0.2) is 5.82 Å². The first-order valence-corrected chi connectivity index (χ1v) is 9.27. The predicted molar refractivity (Wildman–Crippen MR) is 99.7 cm³/mol. The zero-order valence-corrected chi connectivity index (χ0v) is 17.6. The Morgan fingerprint density at radius 1 is 1.00 bits per heavy atom. The minimum atomic E-state index is -4.57. The normalized spacial score (nSPS) is 11.1. The SMILES string of the molecule is O=S(=O)([O-])c1ccccc1C=Nc1cccnc1NCc1ccccc1.[Na+]. The Morgan fingerprint density at radius 2 is 1.70 bits per heavy atom. The third-order valence-electron chi connectivity index (χ3n) is 3.62. The molecule has 3 aromatic rings. The number of nitrogens with one attached hydrogen (secondary N) is 1. The maximum Gasteiger partial charge on any atom is 1.00 e. The zero-order valence-electron chi connectivity index (χ0n) is 14.7. The number of hydrogen-bond acceptors (Lipinski definition) is 6. The maximum absolute atomic E-state index is 11.3. The standard InChI is InChI=1S/C19H17N3O3S.Na/c23-26(24,25)18-11-5-4-9-16(18)14-21-17-10-6-12-20-19(17)22-13-15-7-2-1-3-8-15;/h1-12,14H,13H2,(H,20,22)(H,23,24,25);/q;+1/p-1. The Balaban J connectivity index is 0.00000261. The Bertz CT molecular complexity index is 1030. The molecule has 0 spiro atoms. The third kappa shape index (κ3) is 5.98. The largest absolute Gasteiger partial charge is 1.00 e. The topological polar surface area (TPSA) is 94.5 Å². The molecule has 1 aromatic heterocycles. The van der Waals surface area contributed by atoms with Crippen LogP contribution in [0.4, 0.5) is 11.5 Å². The summed E-state index contributed by atoms with van der Waals surface area (Å²) in [5, 5.41) is 3.21. The Labute approximate surface area is 180 Å². The van der Waals surface area contributed by atoms with Crippen LogP contribution in [0.2, 0.25) is 0 Å². The quantitative estimate of drug-likeness (QED) is 0.373. The molecule has 3 rings (SSSR count). The number of anilines is 1. The van der Waals surface area contributed by atoms with Gasteiger partial charge in [0.2, 0.25) is 0 Å². The van der Waals surface area contributed by atoms with Crippen molar-refractivity contribution in [1.82, 2.24) is 4.98 Å². The van der Waals surface area contributed by atoms with Crippen molar-refractivity contribution >= 4 is 27.8 Å². The van der Waals surface area contributed by atoms with Crippen LogP contribution < -0.4 is 34.9 Å². The van der Waals surface area contributed by atoms with Crippen molar-refractivity contribution in [2.75, 3.05) is 5.32 Å². The number of hydrogen-bond donors (Lipinski definition) is 1. The molecular formula is C19H16N3NaO3S. The van der Waals surface area contributed by atoms with E-state index in [9.17, 15) is 13.0 Å². The van der Waals surface area contributed by atoms with E-state index in [0.717, 1.165) is 5.56 Å². The van der Waals surface area contributed by atoms with E-state index in [1.54, 1.807) is 24.4 Å². The molecule has 132 valence electrons. The number of pyridine rings is 1. The maximum atomic E-state index is 11.3. The van der Waals surface area contributed by atoms with Gasteiger partial charge in [0.05, 0.1) is 4.90 Å². The molecule has 0 aliphatic rings. The second-order valence-corrected chi connectivity index (χ2v) is 6.81. The fraction of sp³-hybridized carbons (Fsp3) is 0.0526. The number of rotatable bonds is 6. The van der Waals surface area contributed by atoms with Crippen molar-refractivity contribution in [2.45, 2.75) is 11.4 Å². The summed E-state index contributed by atoms with van der Waals surface area (Å²) in [5.74, 6) is 0.565. The smallest absolute Gasteiger partial charge is 0.744 e. The fourth-order valence-electron chi connectivity index (χ4n) is 2.37. The molecular weight excluding hydrogens is 373 g/mol. The van der Waals surface area contributed by atoms with E-state index in [1.807, 2.05) is 30.3 Å². The van der Waals surface area contributed by atoms with Crippen molar-refractivity contribution in [2.24, 2.45) is 4.99 Å². The van der Waals surface area contributed by atoms with E-state index in [2.05, 4.69) is 15.3 Å². The molecule has 2 aromatic carbocycles. The zero-order chi connectivity index (χ0) is 18.4.